The fourth-order valence-electron chi connectivity index (χ4n) is 4.61. The van der Waals surface area contributed by atoms with Gasteiger partial charge in [0, 0.05) is 37.8 Å². The number of aromatic nitrogens is 2. The number of piperidine rings is 2. The second-order valence-electron chi connectivity index (χ2n) is 7.84. The molecule has 1 aromatic rings. The van der Waals surface area contributed by atoms with Crippen LogP contribution in [0.3, 0.4) is 0 Å². The summed E-state index contributed by atoms with van der Waals surface area (Å²) in [5.41, 5.74) is 1.13. The Morgan fingerprint density at radius 2 is 1.92 bits per heavy atom. The van der Waals surface area contributed by atoms with Crippen molar-refractivity contribution in [2.45, 2.75) is 57.0 Å². The van der Waals surface area contributed by atoms with Crippen LogP contribution in [-0.2, 0) is 11.3 Å². The van der Waals surface area contributed by atoms with E-state index >= 15 is 0 Å². The largest absolute Gasteiger partial charge is 0.341 e. The molecule has 0 aromatic carbocycles. The third-order valence-electron chi connectivity index (χ3n) is 6.15. The van der Waals surface area contributed by atoms with Gasteiger partial charge in [0.15, 0.2) is 0 Å². The number of carbonyl (C=O) groups excluding carboxylic acids is 1. The average Bonchev–Trinajstić information content (AvgIpc) is 3.35. The highest BCUT2D eigenvalue weighted by Crippen LogP contribution is 2.22. The lowest BCUT2D eigenvalue weighted by Crippen LogP contribution is -2.46. The van der Waals surface area contributed by atoms with Crippen LogP contribution >= 0.6 is 0 Å². The van der Waals surface area contributed by atoms with Crippen LogP contribution in [-0.4, -0.2) is 70.8 Å². The molecule has 3 aliphatic heterocycles. The predicted octanol–water partition coefficient (Wildman–Crippen LogP) is 1.44. The van der Waals surface area contributed by atoms with E-state index in [1.807, 2.05) is 15.8 Å². The van der Waals surface area contributed by atoms with E-state index in [4.69, 9.17) is 0 Å². The van der Waals surface area contributed by atoms with Gasteiger partial charge in [0.2, 0.25) is 5.91 Å². The number of rotatable bonds is 4. The van der Waals surface area contributed by atoms with Crippen molar-refractivity contribution >= 4 is 5.91 Å². The van der Waals surface area contributed by atoms with Gasteiger partial charge < -0.3 is 15.1 Å². The van der Waals surface area contributed by atoms with Gasteiger partial charge in [-0.1, -0.05) is 0 Å². The van der Waals surface area contributed by atoms with Gasteiger partial charge in [-0.2, -0.15) is 5.10 Å². The van der Waals surface area contributed by atoms with E-state index in [1.165, 1.54) is 38.8 Å². The Bertz CT molecular complexity index is 566. The van der Waals surface area contributed by atoms with Crippen molar-refractivity contribution in [2.24, 2.45) is 0 Å². The van der Waals surface area contributed by atoms with Crippen LogP contribution in [0.4, 0.5) is 0 Å². The van der Waals surface area contributed by atoms with Crippen LogP contribution in [0.15, 0.2) is 12.3 Å². The topological polar surface area (TPSA) is 53.4 Å². The summed E-state index contributed by atoms with van der Waals surface area (Å²) >= 11 is 0. The summed E-state index contributed by atoms with van der Waals surface area (Å²) in [7, 11) is 0. The lowest BCUT2D eigenvalue weighted by Gasteiger charge is -2.36. The minimum atomic E-state index is 0.219. The molecule has 1 aromatic heterocycles. The lowest BCUT2D eigenvalue weighted by atomic mass is 9.97. The highest BCUT2D eigenvalue weighted by Gasteiger charge is 2.28. The van der Waals surface area contributed by atoms with E-state index < -0.39 is 0 Å². The number of nitrogens with zero attached hydrogens (tertiary/aromatic N) is 4. The maximum absolute atomic E-state index is 12.6. The molecular weight excluding hydrogens is 314 g/mol. The van der Waals surface area contributed by atoms with Gasteiger partial charge in [-0.25, -0.2) is 0 Å². The summed E-state index contributed by atoms with van der Waals surface area (Å²) in [5.74, 6) is 0.720. The molecule has 4 heterocycles. The Labute approximate surface area is 150 Å². The highest BCUT2D eigenvalue weighted by molar-refractivity contribution is 5.76. The molecule has 25 heavy (non-hydrogen) atoms. The lowest BCUT2D eigenvalue weighted by molar-refractivity contribution is -0.133. The summed E-state index contributed by atoms with van der Waals surface area (Å²) in [4.78, 5) is 17.3. The molecule has 3 fully saturated rings. The minimum Gasteiger partial charge on any atom is -0.341 e. The minimum absolute atomic E-state index is 0.219. The van der Waals surface area contributed by atoms with Crippen molar-refractivity contribution in [1.29, 1.82) is 0 Å². The second-order valence-corrected chi connectivity index (χ2v) is 7.84. The maximum atomic E-state index is 12.6. The fourth-order valence-corrected chi connectivity index (χ4v) is 4.61. The Balaban J connectivity index is 1.27. The van der Waals surface area contributed by atoms with Crippen molar-refractivity contribution in [3.8, 4) is 0 Å². The third kappa shape index (κ3) is 4.06. The number of nitrogens with one attached hydrogen (secondary N) is 1. The molecule has 0 spiro atoms. The van der Waals surface area contributed by atoms with Crippen LogP contribution in [0, 0.1) is 0 Å². The van der Waals surface area contributed by atoms with E-state index in [9.17, 15) is 4.79 Å². The van der Waals surface area contributed by atoms with Crippen LogP contribution in [0.25, 0.3) is 0 Å². The summed E-state index contributed by atoms with van der Waals surface area (Å²) in [6.45, 7) is 6.82. The number of amides is 1. The van der Waals surface area contributed by atoms with Crippen molar-refractivity contribution in [2.75, 3.05) is 39.3 Å². The molecule has 0 radical (unpaired) electrons. The van der Waals surface area contributed by atoms with Gasteiger partial charge >= 0.3 is 0 Å². The second kappa shape index (κ2) is 7.87. The first-order valence-electron chi connectivity index (χ1n) is 10.1. The number of likely N-dealkylation sites (tertiary alicyclic amines) is 2. The monoisotopic (exact) mass is 345 g/mol. The van der Waals surface area contributed by atoms with Crippen LogP contribution in [0.5, 0.6) is 0 Å². The molecule has 3 saturated heterocycles. The molecule has 3 aliphatic rings. The summed E-state index contributed by atoms with van der Waals surface area (Å²) in [5, 5.41) is 8.10. The fraction of sp³-hybridized carbons (Fsp3) is 0.789. The molecule has 1 amide bonds. The van der Waals surface area contributed by atoms with Gasteiger partial charge in [0.25, 0.3) is 0 Å². The van der Waals surface area contributed by atoms with Gasteiger partial charge in [0.05, 0.1) is 5.69 Å². The Hall–Kier alpha value is -1.40. The molecule has 0 bridgehead atoms. The smallest absolute Gasteiger partial charge is 0.244 e. The van der Waals surface area contributed by atoms with Gasteiger partial charge in [-0.15, -0.1) is 0 Å². The van der Waals surface area contributed by atoms with E-state index in [0.29, 0.717) is 18.5 Å². The van der Waals surface area contributed by atoms with Gasteiger partial charge in [0.1, 0.15) is 6.54 Å². The van der Waals surface area contributed by atoms with Crippen molar-refractivity contribution in [3.63, 3.8) is 0 Å². The Morgan fingerprint density at radius 1 is 1.12 bits per heavy atom. The zero-order valence-corrected chi connectivity index (χ0v) is 15.2. The molecule has 138 valence electrons. The molecule has 4 rings (SSSR count). The van der Waals surface area contributed by atoms with Gasteiger partial charge in [-0.3, -0.25) is 9.48 Å². The third-order valence-corrected chi connectivity index (χ3v) is 6.15. The predicted molar refractivity (Wildman–Crippen MR) is 97.5 cm³/mol. The van der Waals surface area contributed by atoms with Gasteiger partial charge in [-0.05, 0) is 64.2 Å². The molecule has 1 N–H and O–H groups in total. The molecule has 0 saturated carbocycles. The summed E-state index contributed by atoms with van der Waals surface area (Å²) in [6, 6.07) is 2.78. The zero-order chi connectivity index (χ0) is 17.1. The molecule has 6 heteroatoms. The quantitative estimate of drug-likeness (QED) is 0.897. The average molecular weight is 345 g/mol. The standard InChI is InChI=1S/C19H31N5O/c25-19(23-11-5-17(6-12-23)22-9-1-2-10-22)15-24-13-7-18(21-24)16-4-3-8-20-14-16/h7,13,16-17,20H,1-6,8-12,14-15H2/t16-/m0/s1. The summed E-state index contributed by atoms with van der Waals surface area (Å²) in [6.07, 6.45) is 9.32. The SMILES string of the molecule is O=C(Cn1ccc([C@H]2CCCNC2)n1)N1CCC(N2CCCC2)CC1. The Morgan fingerprint density at radius 3 is 2.64 bits per heavy atom. The van der Waals surface area contributed by atoms with Crippen molar-refractivity contribution in [1.82, 2.24) is 24.9 Å². The number of hydrogen-bond donors (Lipinski definition) is 1. The normalized spacial score (nSPS) is 26.2. The molecule has 6 nitrogen and oxygen atoms in total. The number of hydrogen-bond acceptors (Lipinski definition) is 4. The zero-order valence-electron chi connectivity index (χ0n) is 15.2. The van der Waals surface area contributed by atoms with Crippen LogP contribution < -0.4 is 5.32 Å². The maximum Gasteiger partial charge on any atom is 0.244 e. The van der Waals surface area contributed by atoms with Crippen molar-refractivity contribution < 1.29 is 4.79 Å². The first kappa shape index (κ1) is 17.0. The van der Waals surface area contributed by atoms with Crippen LogP contribution in [0.2, 0.25) is 0 Å². The van der Waals surface area contributed by atoms with E-state index in [1.54, 1.807) is 0 Å². The number of carbonyl (C=O) groups is 1. The molecular formula is C19H31N5O. The van der Waals surface area contributed by atoms with E-state index in [-0.39, 0.29) is 5.91 Å². The first-order valence-corrected chi connectivity index (χ1v) is 10.1. The first-order chi connectivity index (χ1) is 12.3. The van der Waals surface area contributed by atoms with Crippen molar-refractivity contribution in [3.05, 3.63) is 18.0 Å². The van der Waals surface area contributed by atoms with E-state index in [0.717, 1.165) is 44.7 Å². The van der Waals surface area contributed by atoms with E-state index in [2.05, 4.69) is 21.4 Å². The van der Waals surface area contributed by atoms with Crippen LogP contribution in [0.1, 0.15) is 50.1 Å². The molecule has 0 unspecified atom stereocenters. The Kier molecular flexibility index (Phi) is 5.36. The highest BCUT2D eigenvalue weighted by atomic mass is 16.2. The molecule has 1 atom stereocenters. The summed E-state index contributed by atoms with van der Waals surface area (Å²) < 4.78 is 1.83. The molecule has 0 aliphatic carbocycles.